The van der Waals surface area contributed by atoms with E-state index in [1.165, 1.54) is 16.7 Å². The predicted octanol–water partition coefficient (Wildman–Crippen LogP) is 2.96. The minimum atomic E-state index is 1.02. The van der Waals surface area contributed by atoms with Crippen LogP contribution in [0.15, 0.2) is 29.8 Å². The first kappa shape index (κ1) is 11.0. The zero-order chi connectivity index (χ0) is 10.6. The fourth-order valence-corrected chi connectivity index (χ4v) is 1.56. The van der Waals surface area contributed by atoms with Gasteiger partial charge in [0.25, 0.3) is 0 Å². The molecule has 0 heterocycles. The van der Waals surface area contributed by atoms with E-state index in [2.05, 4.69) is 63.2 Å². The lowest BCUT2D eigenvalue weighted by molar-refractivity contribution is 0.446. The van der Waals surface area contributed by atoms with Crippen molar-refractivity contribution in [3.05, 3.63) is 41.0 Å². The molecule has 0 fully saturated rings. The van der Waals surface area contributed by atoms with Crippen LogP contribution in [0.2, 0.25) is 0 Å². The minimum absolute atomic E-state index is 1.02. The monoisotopic (exact) mass is 189 g/mol. The average molecular weight is 189 g/mol. The van der Waals surface area contributed by atoms with E-state index in [1.807, 2.05) is 0 Å². The summed E-state index contributed by atoms with van der Waals surface area (Å²) in [6, 6.07) is 8.47. The van der Waals surface area contributed by atoms with E-state index in [9.17, 15) is 0 Å². The fraction of sp³-hybridized carbons (Fsp3) is 0.385. The fourth-order valence-electron chi connectivity index (χ4n) is 1.56. The number of hydrogen-bond donors (Lipinski definition) is 0. The molecule has 0 N–H and O–H groups in total. The molecule has 14 heavy (non-hydrogen) atoms. The SMILES string of the molecule is C/C(=C\c1ccccc1C)CN(C)C. The quantitative estimate of drug-likeness (QED) is 0.706. The third-order valence-electron chi connectivity index (χ3n) is 2.16. The summed E-state index contributed by atoms with van der Waals surface area (Å²) in [5.74, 6) is 0. The van der Waals surface area contributed by atoms with Gasteiger partial charge < -0.3 is 4.90 Å². The van der Waals surface area contributed by atoms with Gasteiger partial charge in [-0.1, -0.05) is 35.9 Å². The lowest BCUT2D eigenvalue weighted by Crippen LogP contribution is -2.13. The summed E-state index contributed by atoms with van der Waals surface area (Å²) in [6.07, 6.45) is 2.26. The molecule has 0 aliphatic carbocycles. The number of likely N-dealkylation sites (N-methyl/N-ethyl adjacent to an activating group) is 1. The van der Waals surface area contributed by atoms with Crippen LogP contribution >= 0.6 is 0 Å². The van der Waals surface area contributed by atoms with E-state index < -0.39 is 0 Å². The molecule has 1 heteroatoms. The van der Waals surface area contributed by atoms with Gasteiger partial charge in [-0.05, 0) is 39.1 Å². The highest BCUT2D eigenvalue weighted by molar-refractivity contribution is 5.56. The van der Waals surface area contributed by atoms with Gasteiger partial charge in [-0.25, -0.2) is 0 Å². The van der Waals surface area contributed by atoms with Crippen LogP contribution in [0.1, 0.15) is 18.1 Å². The van der Waals surface area contributed by atoms with E-state index in [1.54, 1.807) is 0 Å². The molecule has 0 bridgehead atoms. The second kappa shape index (κ2) is 4.97. The Labute approximate surface area is 87.1 Å². The average Bonchev–Trinajstić information content (AvgIpc) is 2.07. The molecule has 0 aliphatic rings. The summed E-state index contributed by atoms with van der Waals surface area (Å²) < 4.78 is 0. The number of nitrogens with zero attached hydrogens (tertiary/aromatic N) is 1. The van der Waals surface area contributed by atoms with E-state index in [4.69, 9.17) is 0 Å². The number of hydrogen-bond acceptors (Lipinski definition) is 1. The highest BCUT2D eigenvalue weighted by atomic mass is 15.0. The molecule has 0 unspecified atom stereocenters. The first-order valence-corrected chi connectivity index (χ1v) is 4.97. The summed E-state index contributed by atoms with van der Waals surface area (Å²) in [5.41, 5.74) is 4.06. The van der Waals surface area contributed by atoms with Crippen molar-refractivity contribution in [3.63, 3.8) is 0 Å². The maximum absolute atomic E-state index is 2.26. The topological polar surface area (TPSA) is 3.24 Å². The van der Waals surface area contributed by atoms with Crippen molar-refractivity contribution in [1.29, 1.82) is 0 Å². The van der Waals surface area contributed by atoms with Crippen LogP contribution in [0, 0.1) is 6.92 Å². The molecule has 1 aromatic rings. The summed E-state index contributed by atoms with van der Waals surface area (Å²) in [4.78, 5) is 2.18. The Hall–Kier alpha value is -1.08. The molecule has 0 spiro atoms. The van der Waals surface area contributed by atoms with Gasteiger partial charge in [-0.2, -0.15) is 0 Å². The first-order valence-electron chi connectivity index (χ1n) is 4.97. The van der Waals surface area contributed by atoms with Crippen LogP contribution in [0.25, 0.3) is 6.08 Å². The van der Waals surface area contributed by atoms with Crippen molar-refractivity contribution >= 4 is 6.08 Å². The third kappa shape index (κ3) is 3.35. The Bertz CT molecular complexity index is 324. The molecular weight excluding hydrogens is 170 g/mol. The van der Waals surface area contributed by atoms with Gasteiger partial charge in [-0.3, -0.25) is 0 Å². The van der Waals surface area contributed by atoms with Gasteiger partial charge in [0.2, 0.25) is 0 Å². The summed E-state index contributed by atoms with van der Waals surface area (Å²) in [7, 11) is 4.18. The van der Waals surface area contributed by atoms with Gasteiger partial charge in [-0.15, -0.1) is 0 Å². The number of aryl methyl sites for hydroxylation is 1. The number of benzene rings is 1. The Morgan fingerprint density at radius 1 is 1.29 bits per heavy atom. The molecule has 0 aromatic heterocycles. The van der Waals surface area contributed by atoms with Crippen molar-refractivity contribution in [3.8, 4) is 0 Å². The standard InChI is InChI=1S/C13H19N/c1-11(10-14(3)4)9-13-8-6-5-7-12(13)2/h5-9H,10H2,1-4H3/b11-9+. The van der Waals surface area contributed by atoms with E-state index in [-0.39, 0.29) is 0 Å². The smallest absolute Gasteiger partial charge is 0.0187 e. The summed E-state index contributed by atoms with van der Waals surface area (Å²) in [5, 5.41) is 0. The lowest BCUT2D eigenvalue weighted by Gasteiger charge is -2.10. The Kier molecular flexibility index (Phi) is 3.90. The minimum Gasteiger partial charge on any atom is -0.305 e. The van der Waals surface area contributed by atoms with Crippen molar-refractivity contribution < 1.29 is 0 Å². The molecule has 0 saturated heterocycles. The highest BCUT2D eigenvalue weighted by Gasteiger charge is 1.95. The van der Waals surface area contributed by atoms with Crippen LogP contribution < -0.4 is 0 Å². The van der Waals surface area contributed by atoms with Crippen molar-refractivity contribution in [1.82, 2.24) is 4.90 Å². The molecule has 0 aliphatic heterocycles. The van der Waals surface area contributed by atoms with Gasteiger partial charge >= 0.3 is 0 Å². The number of rotatable bonds is 3. The molecule has 0 saturated carbocycles. The molecule has 0 atom stereocenters. The molecular formula is C13H19N. The lowest BCUT2D eigenvalue weighted by atomic mass is 10.1. The second-order valence-electron chi connectivity index (χ2n) is 4.09. The zero-order valence-corrected chi connectivity index (χ0v) is 9.54. The van der Waals surface area contributed by atoms with E-state index in [0.29, 0.717) is 0 Å². The molecule has 0 amide bonds. The molecule has 76 valence electrons. The van der Waals surface area contributed by atoms with E-state index >= 15 is 0 Å². The molecule has 0 radical (unpaired) electrons. The first-order chi connectivity index (χ1) is 6.59. The zero-order valence-electron chi connectivity index (χ0n) is 9.54. The van der Waals surface area contributed by atoms with Crippen molar-refractivity contribution in [2.45, 2.75) is 13.8 Å². The highest BCUT2D eigenvalue weighted by Crippen LogP contribution is 2.11. The van der Waals surface area contributed by atoms with Gasteiger partial charge in [0.1, 0.15) is 0 Å². The van der Waals surface area contributed by atoms with Crippen molar-refractivity contribution in [2.24, 2.45) is 0 Å². The Balaban J connectivity index is 2.81. The van der Waals surface area contributed by atoms with Crippen LogP contribution in [-0.4, -0.2) is 25.5 Å². The Morgan fingerprint density at radius 3 is 2.50 bits per heavy atom. The van der Waals surface area contributed by atoms with Crippen LogP contribution in [-0.2, 0) is 0 Å². The summed E-state index contributed by atoms with van der Waals surface area (Å²) in [6.45, 7) is 5.34. The normalized spacial score (nSPS) is 12.2. The van der Waals surface area contributed by atoms with Crippen LogP contribution in [0.4, 0.5) is 0 Å². The van der Waals surface area contributed by atoms with Gasteiger partial charge in [0.05, 0.1) is 0 Å². The third-order valence-corrected chi connectivity index (χ3v) is 2.16. The molecule has 1 rings (SSSR count). The summed E-state index contributed by atoms with van der Waals surface area (Å²) >= 11 is 0. The van der Waals surface area contributed by atoms with Crippen molar-refractivity contribution in [2.75, 3.05) is 20.6 Å². The van der Waals surface area contributed by atoms with Gasteiger partial charge in [0, 0.05) is 6.54 Å². The van der Waals surface area contributed by atoms with Crippen LogP contribution in [0.3, 0.4) is 0 Å². The van der Waals surface area contributed by atoms with Crippen LogP contribution in [0.5, 0.6) is 0 Å². The second-order valence-corrected chi connectivity index (χ2v) is 4.09. The maximum atomic E-state index is 2.26. The largest absolute Gasteiger partial charge is 0.305 e. The predicted molar refractivity (Wildman–Crippen MR) is 63.4 cm³/mol. The Morgan fingerprint density at radius 2 is 1.93 bits per heavy atom. The maximum Gasteiger partial charge on any atom is 0.0187 e. The molecule has 1 nitrogen and oxygen atoms in total. The van der Waals surface area contributed by atoms with E-state index in [0.717, 1.165) is 6.54 Å². The molecule has 1 aromatic carbocycles. The van der Waals surface area contributed by atoms with Gasteiger partial charge in [0.15, 0.2) is 0 Å².